The molecule has 0 bridgehead atoms. The molecule has 0 heterocycles. The Labute approximate surface area is 198 Å². The number of nitriles is 1. The first-order chi connectivity index (χ1) is 16.1. The summed E-state index contributed by atoms with van der Waals surface area (Å²) >= 11 is 0. The quantitative estimate of drug-likeness (QED) is 0.330. The SMILES string of the molecule is Cc1ccc(S(=O)c2ccccc2[C@H](C)[C@H](Nc2ccccc2)c2ccc(C#N)cc2)cc1. The van der Waals surface area contributed by atoms with Gasteiger partial charge in [-0.05, 0) is 60.5 Å². The molecule has 0 aliphatic carbocycles. The van der Waals surface area contributed by atoms with Crippen LogP contribution in [0.1, 0.15) is 41.1 Å². The number of anilines is 1. The molecule has 4 aromatic carbocycles. The molecule has 0 fully saturated rings. The van der Waals surface area contributed by atoms with Crippen molar-refractivity contribution in [2.75, 3.05) is 5.32 Å². The standard InChI is InChI=1S/C29H26N2OS/c1-21-12-18-26(19-13-21)33(32)28-11-7-6-10-27(28)22(2)29(31-25-8-4-3-5-9-25)24-16-14-23(20-30)15-17-24/h3-19,22,29,31H,1-2H3/t22-,29-,33?/m0/s1. The lowest BCUT2D eigenvalue weighted by molar-refractivity contribution is 0.623. The van der Waals surface area contributed by atoms with Crippen LogP contribution in [0.25, 0.3) is 0 Å². The van der Waals surface area contributed by atoms with Crippen molar-refractivity contribution in [2.24, 2.45) is 0 Å². The van der Waals surface area contributed by atoms with Gasteiger partial charge in [0.2, 0.25) is 0 Å². The third-order valence-electron chi connectivity index (χ3n) is 5.84. The Morgan fingerprint density at radius 3 is 2.12 bits per heavy atom. The average Bonchev–Trinajstić information content (AvgIpc) is 2.87. The second-order valence-electron chi connectivity index (χ2n) is 8.13. The summed E-state index contributed by atoms with van der Waals surface area (Å²) in [6.45, 7) is 4.18. The molecule has 1 unspecified atom stereocenters. The van der Waals surface area contributed by atoms with Crippen LogP contribution in [0.2, 0.25) is 0 Å². The van der Waals surface area contributed by atoms with Gasteiger partial charge in [-0.3, -0.25) is 0 Å². The van der Waals surface area contributed by atoms with Crippen LogP contribution in [0.4, 0.5) is 5.69 Å². The van der Waals surface area contributed by atoms with E-state index < -0.39 is 10.8 Å². The number of rotatable bonds is 7. The predicted octanol–water partition coefficient (Wildman–Crippen LogP) is 6.99. The van der Waals surface area contributed by atoms with Crippen LogP contribution in [0.15, 0.2) is 113 Å². The first-order valence-electron chi connectivity index (χ1n) is 11.0. The van der Waals surface area contributed by atoms with Gasteiger partial charge in [-0.1, -0.05) is 73.2 Å². The molecule has 0 aliphatic heterocycles. The van der Waals surface area contributed by atoms with E-state index >= 15 is 0 Å². The monoisotopic (exact) mass is 450 g/mol. The Morgan fingerprint density at radius 1 is 0.818 bits per heavy atom. The second kappa shape index (κ2) is 10.3. The second-order valence-corrected chi connectivity index (χ2v) is 9.58. The lowest BCUT2D eigenvalue weighted by Gasteiger charge is -2.28. The topological polar surface area (TPSA) is 52.9 Å². The molecule has 3 nitrogen and oxygen atoms in total. The summed E-state index contributed by atoms with van der Waals surface area (Å²) in [6, 6.07) is 35.7. The molecule has 4 heteroatoms. The Balaban J connectivity index is 1.74. The van der Waals surface area contributed by atoms with E-state index in [0.717, 1.165) is 32.2 Å². The molecular weight excluding hydrogens is 424 g/mol. The van der Waals surface area contributed by atoms with Crippen molar-refractivity contribution in [3.8, 4) is 6.07 Å². The minimum Gasteiger partial charge on any atom is -0.378 e. The van der Waals surface area contributed by atoms with E-state index in [4.69, 9.17) is 0 Å². The minimum atomic E-state index is -1.28. The van der Waals surface area contributed by atoms with E-state index in [2.05, 4.69) is 24.4 Å². The highest BCUT2D eigenvalue weighted by Gasteiger charge is 2.25. The van der Waals surface area contributed by atoms with Crippen LogP contribution < -0.4 is 5.32 Å². The lowest BCUT2D eigenvalue weighted by Crippen LogP contribution is -2.19. The predicted molar refractivity (Wildman–Crippen MR) is 135 cm³/mol. The molecule has 4 rings (SSSR count). The van der Waals surface area contributed by atoms with Crippen molar-refractivity contribution in [2.45, 2.75) is 35.6 Å². The van der Waals surface area contributed by atoms with Gasteiger partial charge in [0.25, 0.3) is 0 Å². The van der Waals surface area contributed by atoms with Crippen LogP contribution in [0, 0.1) is 18.3 Å². The van der Waals surface area contributed by atoms with Gasteiger partial charge in [-0.15, -0.1) is 0 Å². The maximum atomic E-state index is 13.5. The first-order valence-corrected chi connectivity index (χ1v) is 12.1. The minimum absolute atomic E-state index is 0.0174. The van der Waals surface area contributed by atoms with E-state index in [1.54, 1.807) is 0 Å². The van der Waals surface area contributed by atoms with Crippen LogP contribution in [0.5, 0.6) is 0 Å². The molecule has 0 saturated heterocycles. The van der Waals surface area contributed by atoms with Gasteiger partial charge >= 0.3 is 0 Å². The van der Waals surface area contributed by atoms with Gasteiger partial charge in [0.15, 0.2) is 0 Å². The molecule has 0 aliphatic rings. The molecule has 0 radical (unpaired) electrons. The third kappa shape index (κ3) is 5.22. The largest absolute Gasteiger partial charge is 0.378 e. The van der Waals surface area contributed by atoms with Crippen molar-refractivity contribution >= 4 is 16.5 Å². The van der Waals surface area contributed by atoms with Crippen LogP contribution in [-0.4, -0.2) is 4.21 Å². The average molecular weight is 451 g/mol. The summed E-state index contributed by atoms with van der Waals surface area (Å²) in [5.74, 6) is 0.0174. The third-order valence-corrected chi connectivity index (χ3v) is 7.31. The van der Waals surface area contributed by atoms with Crippen molar-refractivity contribution in [1.82, 2.24) is 0 Å². The zero-order valence-electron chi connectivity index (χ0n) is 18.7. The van der Waals surface area contributed by atoms with Crippen LogP contribution >= 0.6 is 0 Å². The maximum absolute atomic E-state index is 13.5. The number of nitrogens with zero attached hydrogens (tertiary/aromatic N) is 1. The van der Waals surface area contributed by atoms with E-state index in [1.807, 2.05) is 104 Å². The van der Waals surface area contributed by atoms with E-state index in [9.17, 15) is 9.47 Å². The van der Waals surface area contributed by atoms with Gasteiger partial charge in [-0.25, -0.2) is 4.21 Å². The molecule has 3 atom stereocenters. The number of aryl methyl sites for hydroxylation is 1. The van der Waals surface area contributed by atoms with Crippen molar-refractivity contribution in [1.29, 1.82) is 5.26 Å². The molecule has 4 aromatic rings. The van der Waals surface area contributed by atoms with E-state index in [1.165, 1.54) is 0 Å². The fourth-order valence-electron chi connectivity index (χ4n) is 3.97. The van der Waals surface area contributed by atoms with E-state index in [-0.39, 0.29) is 12.0 Å². The smallest absolute Gasteiger partial charge is 0.0991 e. The van der Waals surface area contributed by atoms with Gasteiger partial charge < -0.3 is 5.32 Å². The van der Waals surface area contributed by atoms with Crippen molar-refractivity contribution < 1.29 is 4.21 Å². The molecule has 0 amide bonds. The summed E-state index contributed by atoms with van der Waals surface area (Å²) < 4.78 is 13.5. The highest BCUT2D eigenvalue weighted by molar-refractivity contribution is 7.85. The molecule has 0 spiro atoms. The lowest BCUT2D eigenvalue weighted by atomic mass is 9.88. The number of para-hydroxylation sites is 1. The summed E-state index contributed by atoms with van der Waals surface area (Å²) in [4.78, 5) is 1.62. The highest BCUT2D eigenvalue weighted by Crippen LogP contribution is 2.37. The van der Waals surface area contributed by atoms with Gasteiger partial charge in [0.05, 0.1) is 28.5 Å². The summed E-state index contributed by atoms with van der Waals surface area (Å²) in [5, 5.41) is 12.9. The Hall–Kier alpha value is -3.68. The molecule has 0 saturated carbocycles. The molecule has 33 heavy (non-hydrogen) atoms. The van der Waals surface area contributed by atoms with Crippen LogP contribution in [-0.2, 0) is 10.8 Å². The Morgan fingerprint density at radius 2 is 1.45 bits per heavy atom. The normalized spacial score (nSPS) is 13.5. The Kier molecular flexibility index (Phi) is 7.02. The fourth-order valence-corrected chi connectivity index (χ4v) is 5.28. The van der Waals surface area contributed by atoms with Crippen LogP contribution in [0.3, 0.4) is 0 Å². The van der Waals surface area contributed by atoms with Gasteiger partial charge in [-0.2, -0.15) is 5.26 Å². The van der Waals surface area contributed by atoms with E-state index in [0.29, 0.717) is 5.56 Å². The summed E-state index contributed by atoms with van der Waals surface area (Å²) in [5.41, 5.74) is 4.89. The van der Waals surface area contributed by atoms with Crippen molar-refractivity contribution in [3.05, 3.63) is 125 Å². The molecule has 0 aromatic heterocycles. The number of hydrogen-bond acceptors (Lipinski definition) is 3. The number of nitrogens with one attached hydrogen (secondary N) is 1. The number of benzene rings is 4. The maximum Gasteiger partial charge on any atom is 0.0991 e. The zero-order valence-corrected chi connectivity index (χ0v) is 19.5. The highest BCUT2D eigenvalue weighted by atomic mass is 32.2. The number of hydrogen-bond donors (Lipinski definition) is 1. The molecule has 1 N–H and O–H groups in total. The van der Waals surface area contributed by atoms with Gasteiger partial charge in [0.1, 0.15) is 0 Å². The van der Waals surface area contributed by atoms with Gasteiger partial charge in [0, 0.05) is 21.4 Å². The summed E-state index contributed by atoms with van der Waals surface area (Å²) in [6.07, 6.45) is 0. The molecular formula is C29H26N2OS. The molecule has 164 valence electrons. The Bertz CT molecular complexity index is 1280. The van der Waals surface area contributed by atoms with Crippen molar-refractivity contribution in [3.63, 3.8) is 0 Å². The fraction of sp³-hybridized carbons (Fsp3) is 0.138. The first kappa shape index (κ1) is 22.5. The summed E-state index contributed by atoms with van der Waals surface area (Å²) in [7, 11) is -1.28. The zero-order chi connectivity index (χ0) is 23.2.